The number of hydrogen-bond donors (Lipinski definition) is 1. The normalized spacial score (nSPS) is 10.1. The van der Waals surface area contributed by atoms with E-state index in [-0.39, 0.29) is 25.0 Å². The minimum absolute atomic E-state index is 0.114. The highest BCUT2D eigenvalue weighted by atomic mass is 35.5. The van der Waals surface area contributed by atoms with E-state index in [1.54, 1.807) is 18.2 Å². The molecule has 24 heavy (non-hydrogen) atoms. The summed E-state index contributed by atoms with van der Waals surface area (Å²) in [5.74, 6) is -0.369. The van der Waals surface area contributed by atoms with Crippen LogP contribution in [0.2, 0.25) is 5.02 Å². The van der Waals surface area contributed by atoms with Crippen LogP contribution in [-0.4, -0.2) is 30.6 Å². The lowest BCUT2D eigenvalue weighted by atomic mass is 10.2. The summed E-state index contributed by atoms with van der Waals surface area (Å²) in [5, 5.41) is 3.39. The Hall–Kier alpha value is -2.53. The number of nitrogens with one attached hydrogen (secondary N) is 1. The van der Waals surface area contributed by atoms with Gasteiger partial charge in [-0.15, -0.1) is 0 Å². The summed E-state index contributed by atoms with van der Waals surface area (Å²) < 4.78 is 4.65. The molecule has 126 valence electrons. The van der Waals surface area contributed by atoms with Gasteiger partial charge in [-0.05, 0) is 23.8 Å². The second-order valence-corrected chi connectivity index (χ2v) is 5.54. The smallest absolute Gasteiger partial charge is 0.322 e. The maximum atomic E-state index is 12.5. The maximum Gasteiger partial charge on any atom is 0.322 e. The van der Waals surface area contributed by atoms with Crippen molar-refractivity contribution in [2.24, 2.45) is 0 Å². The molecule has 2 rings (SSSR count). The summed E-state index contributed by atoms with van der Waals surface area (Å²) >= 11 is 6.17. The van der Waals surface area contributed by atoms with Crippen LogP contribution in [0.3, 0.4) is 0 Å². The van der Waals surface area contributed by atoms with Gasteiger partial charge in [-0.3, -0.25) is 4.79 Å². The van der Waals surface area contributed by atoms with Crippen molar-refractivity contribution in [2.45, 2.75) is 13.0 Å². The molecule has 1 N–H and O–H groups in total. The van der Waals surface area contributed by atoms with Crippen LogP contribution >= 0.6 is 11.6 Å². The maximum absolute atomic E-state index is 12.5. The van der Waals surface area contributed by atoms with Crippen LogP contribution in [0.25, 0.3) is 0 Å². The van der Waals surface area contributed by atoms with Crippen LogP contribution < -0.4 is 5.32 Å². The summed E-state index contributed by atoms with van der Waals surface area (Å²) in [4.78, 5) is 25.5. The van der Waals surface area contributed by atoms with E-state index in [1.165, 1.54) is 12.0 Å². The topological polar surface area (TPSA) is 58.6 Å². The number of carbonyl (C=O) groups excluding carboxylic acids is 2. The monoisotopic (exact) mass is 346 g/mol. The molecule has 0 heterocycles. The predicted octanol–water partition coefficient (Wildman–Crippen LogP) is 3.94. The number of amides is 2. The van der Waals surface area contributed by atoms with E-state index >= 15 is 0 Å². The number of rotatable bonds is 6. The molecule has 0 spiro atoms. The van der Waals surface area contributed by atoms with Gasteiger partial charge >= 0.3 is 12.0 Å². The molecule has 2 amide bonds. The van der Waals surface area contributed by atoms with Crippen LogP contribution in [0.4, 0.5) is 10.5 Å². The molecule has 0 aliphatic carbocycles. The average Bonchev–Trinajstić information content (AvgIpc) is 2.60. The van der Waals surface area contributed by atoms with Crippen molar-refractivity contribution in [2.75, 3.05) is 19.0 Å². The number of nitrogens with zero attached hydrogens (tertiary/aromatic N) is 1. The van der Waals surface area contributed by atoms with Gasteiger partial charge in [0.2, 0.25) is 0 Å². The largest absolute Gasteiger partial charge is 0.469 e. The Kier molecular flexibility index (Phi) is 6.63. The number of hydrogen-bond acceptors (Lipinski definition) is 3. The molecule has 5 nitrogen and oxygen atoms in total. The van der Waals surface area contributed by atoms with E-state index in [0.717, 1.165) is 5.56 Å². The van der Waals surface area contributed by atoms with E-state index in [4.69, 9.17) is 11.6 Å². The average molecular weight is 347 g/mol. The van der Waals surface area contributed by atoms with Crippen LogP contribution in [0, 0.1) is 0 Å². The Balaban J connectivity index is 2.10. The van der Waals surface area contributed by atoms with Crippen molar-refractivity contribution < 1.29 is 14.3 Å². The van der Waals surface area contributed by atoms with Crippen LogP contribution in [-0.2, 0) is 16.1 Å². The van der Waals surface area contributed by atoms with Gasteiger partial charge in [0.1, 0.15) is 0 Å². The van der Waals surface area contributed by atoms with Crippen molar-refractivity contribution in [1.29, 1.82) is 0 Å². The molecule has 0 unspecified atom stereocenters. The zero-order valence-electron chi connectivity index (χ0n) is 13.4. The number of carbonyl (C=O) groups is 2. The number of esters is 1. The molecule has 0 fully saturated rings. The van der Waals surface area contributed by atoms with Gasteiger partial charge in [0, 0.05) is 23.8 Å². The van der Waals surface area contributed by atoms with Gasteiger partial charge in [0.25, 0.3) is 0 Å². The second kappa shape index (κ2) is 8.93. The highest BCUT2D eigenvalue weighted by Gasteiger charge is 2.17. The SMILES string of the molecule is COC(=O)CCN(Cc1ccccc1Cl)C(=O)Nc1ccccc1. The van der Waals surface area contributed by atoms with E-state index in [2.05, 4.69) is 10.1 Å². The molecule has 6 heteroatoms. The molecular formula is C18H19ClN2O3. The van der Waals surface area contributed by atoms with Gasteiger partial charge in [0.15, 0.2) is 0 Å². The lowest BCUT2D eigenvalue weighted by Crippen LogP contribution is -2.36. The minimum Gasteiger partial charge on any atom is -0.469 e. The number of methoxy groups -OCH3 is 1. The van der Waals surface area contributed by atoms with Crippen molar-refractivity contribution >= 4 is 29.3 Å². The van der Waals surface area contributed by atoms with Crippen LogP contribution in [0.15, 0.2) is 54.6 Å². The summed E-state index contributed by atoms with van der Waals surface area (Å²) in [6.07, 6.45) is 0.114. The summed E-state index contributed by atoms with van der Waals surface area (Å²) in [6, 6.07) is 16.1. The van der Waals surface area contributed by atoms with Crippen molar-refractivity contribution in [3.8, 4) is 0 Å². The lowest BCUT2D eigenvalue weighted by molar-refractivity contribution is -0.140. The fourth-order valence-electron chi connectivity index (χ4n) is 2.14. The first-order valence-corrected chi connectivity index (χ1v) is 7.89. The molecular weight excluding hydrogens is 328 g/mol. The zero-order valence-corrected chi connectivity index (χ0v) is 14.1. The molecule has 0 aromatic heterocycles. The molecule has 0 aliphatic heterocycles. The molecule has 0 aliphatic rings. The zero-order chi connectivity index (χ0) is 17.4. The predicted molar refractivity (Wildman–Crippen MR) is 94.0 cm³/mol. The first kappa shape index (κ1) is 17.8. The Bertz CT molecular complexity index is 692. The number of ether oxygens (including phenoxy) is 1. The summed E-state index contributed by atoms with van der Waals surface area (Å²) in [6.45, 7) is 0.534. The van der Waals surface area contributed by atoms with Crippen LogP contribution in [0.1, 0.15) is 12.0 Å². The highest BCUT2D eigenvalue weighted by Crippen LogP contribution is 2.18. The number of para-hydroxylation sites is 1. The molecule has 2 aromatic carbocycles. The van der Waals surface area contributed by atoms with Gasteiger partial charge < -0.3 is 15.0 Å². The fraction of sp³-hybridized carbons (Fsp3) is 0.222. The first-order valence-electron chi connectivity index (χ1n) is 7.51. The fourth-order valence-corrected chi connectivity index (χ4v) is 2.33. The molecule has 0 bridgehead atoms. The summed E-state index contributed by atoms with van der Waals surface area (Å²) in [7, 11) is 1.32. The van der Waals surface area contributed by atoms with Crippen molar-refractivity contribution in [3.63, 3.8) is 0 Å². The molecule has 0 radical (unpaired) electrons. The minimum atomic E-state index is -0.369. The number of benzene rings is 2. The van der Waals surface area contributed by atoms with E-state index < -0.39 is 0 Å². The van der Waals surface area contributed by atoms with E-state index in [9.17, 15) is 9.59 Å². The first-order chi connectivity index (χ1) is 11.6. The number of anilines is 1. The van der Waals surface area contributed by atoms with Crippen molar-refractivity contribution in [3.05, 3.63) is 65.2 Å². The quantitative estimate of drug-likeness (QED) is 0.806. The van der Waals surface area contributed by atoms with Gasteiger partial charge in [0.05, 0.1) is 13.5 Å². The number of urea groups is 1. The molecule has 2 aromatic rings. The molecule has 0 saturated carbocycles. The Labute approximate surface area is 146 Å². The Morgan fingerprint density at radius 2 is 1.75 bits per heavy atom. The summed E-state index contributed by atoms with van der Waals surface area (Å²) in [5.41, 5.74) is 1.50. The standard InChI is InChI=1S/C18H19ClN2O3/c1-24-17(22)11-12-21(13-14-7-5-6-10-16(14)19)18(23)20-15-8-3-2-4-9-15/h2-10H,11-13H2,1H3,(H,20,23). The second-order valence-electron chi connectivity index (χ2n) is 5.14. The molecule has 0 atom stereocenters. The lowest BCUT2D eigenvalue weighted by Gasteiger charge is -2.23. The van der Waals surface area contributed by atoms with Crippen molar-refractivity contribution in [1.82, 2.24) is 4.90 Å². The van der Waals surface area contributed by atoms with Gasteiger partial charge in [-0.25, -0.2) is 4.79 Å². The van der Waals surface area contributed by atoms with E-state index in [0.29, 0.717) is 17.3 Å². The van der Waals surface area contributed by atoms with Gasteiger partial charge in [-0.1, -0.05) is 48.0 Å². The Morgan fingerprint density at radius 3 is 2.42 bits per heavy atom. The third-order valence-corrected chi connectivity index (χ3v) is 3.81. The van der Waals surface area contributed by atoms with Crippen LogP contribution in [0.5, 0.6) is 0 Å². The third kappa shape index (κ3) is 5.28. The Morgan fingerprint density at radius 1 is 1.08 bits per heavy atom. The van der Waals surface area contributed by atoms with E-state index in [1.807, 2.05) is 36.4 Å². The third-order valence-electron chi connectivity index (χ3n) is 3.44. The highest BCUT2D eigenvalue weighted by molar-refractivity contribution is 6.31. The number of halogens is 1. The van der Waals surface area contributed by atoms with Gasteiger partial charge in [-0.2, -0.15) is 0 Å². The molecule has 0 saturated heterocycles.